The summed E-state index contributed by atoms with van der Waals surface area (Å²) in [6, 6.07) is 0.497. The van der Waals surface area contributed by atoms with E-state index in [0.29, 0.717) is 12.6 Å². The summed E-state index contributed by atoms with van der Waals surface area (Å²) in [7, 11) is 3.96. The fourth-order valence-electron chi connectivity index (χ4n) is 1.97. The molecule has 15 heavy (non-hydrogen) atoms. The topological polar surface area (TPSA) is 35.5 Å². The van der Waals surface area contributed by atoms with E-state index < -0.39 is 0 Å². The summed E-state index contributed by atoms with van der Waals surface area (Å²) in [5.41, 5.74) is 0. The van der Waals surface area contributed by atoms with Gasteiger partial charge in [-0.25, -0.2) is 0 Å². The Bertz CT molecular complexity index is 147. The van der Waals surface area contributed by atoms with Crippen LogP contribution in [0.2, 0.25) is 0 Å². The predicted molar refractivity (Wildman–Crippen MR) is 66.1 cm³/mol. The zero-order valence-corrected chi connectivity index (χ0v) is 11.0. The average molecular weight is 216 g/mol. The van der Waals surface area contributed by atoms with Crippen LogP contribution in [0.15, 0.2) is 0 Å². The molecule has 0 aromatic heterocycles. The van der Waals surface area contributed by atoms with Crippen molar-refractivity contribution in [2.45, 2.75) is 45.8 Å². The lowest BCUT2D eigenvalue weighted by molar-refractivity contribution is 0.128. The Morgan fingerprint density at radius 1 is 1.20 bits per heavy atom. The lowest BCUT2D eigenvalue weighted by Crippen LogP contribution is -2.41. The summed E-state index contributed by atoms with van der Waals surface area (Å²) >= 11 is 0. The van der Waals surface area contributed by atoms with E-state index in [1.807, 2.05) is 19.0 Å². The summed E-state index contributed by atoms with van der Waals surface area (Å²) in [4.78, 5) is 2.01. The highest BCUT2D eigenvalue weighted by molar-refractivity contribution is 4.72. The van der Waals surface area contributed by atoms with E-state index in [-0.39, 0.29) is 6.10 Å². The second-order valence-electron chi connectivity index (χ2n) is 4.69. The normalized spacial score (nSPS) is 16.0. The third-order valence-corrected chi connectivity index (χ3v) is 3.01. The summed E-state index contributed by atoms with van der Waals surface area (Å²) in [6.07, 6.45) is 2.14. The molecule has 92 valence electrons. The minimum atomic E-state index is -0.267. The van der Waals surface area contributed by atoms with Crippen molar-refractivity contribution in [3.63, 3.8) is 0 Å². The van der Waals surface area contributed by atoms with E-state index in [1.54, 1.807) is 0 Å². The van der Waals surface area contributed by atoms with E-state index in [2.05, 4.69) is 26.1 Å². The Hall–Kier alpha value is -0.120. The molecule has 0 amide bonds. The van der Waals surface area contributed by atoms with Crippen molar-refractivity contribution in [3.05, 3.63) is 0 Å². The van der Waals surface area contributed by atoms with Gasteiger partial charge in [0.2, 0.25) is 0 Å². The van der Waals surface area contributed by atoms with Crippen LogP contribution in [0.1, 0.15) is 33.6 Å². The zero-order chi connectivity index (χ0) is 11.8. The maximum atomic E-state index is 9.69. The van der Waals surface area contributed by atoms with Crippen molar-refractivity contribution in [1.82, 2.24) is 10.2 Å². The molecule has 0 saturated carbocycles. The van der Waals surface area contributed by atoms with Crippen molar-refractivity contribution in [2.24, 2.45) is 5.92 Å². The smallest absolute Gasteiger partial charge is 0.0791 e. The molecule has 0 aliphatic heterocycles. The first-order valence-electron chi connectivity index (χ1n) is 6.07. The predicted octanol–water partition coefficient (Wildman–Crippen LogP) is 1.32. The Labute approximate surface area is 94.9 Å². The molecule has 0 aliphatic carbocycles. The van der Waals surface area contributed by atoms with Crippen molar-refractivity contribution >= 4 is 0 Å². The van der Waals surface area contributed by atoms with Gasteiger partial charge in [0.05, 0.1) is 6.10 Å². The Kier molecular flexibility index (Phi) is 8.02. The Morgan fingerprint density at radius 2 is 1.73 bits per heavy atom. The molecule has 0 fully saturated rings. The lowest BCUT2D eigenvalue weighted by Gasteiger charge is -2.25. The van der Waals surface area contributed by atoms with E-state index in [0.717, 1.165) is 12.5 Å². The monoisotopic (exact) mass is 216 g/mol. The van der Waals surface area contributed by atoms with Gasteiger partial charge in [-0.3, -0.25) is 0 Å². The van der Waals surface area contributed by atoms with Gasteiger partial charge in [0.15, 0.2) is 0 Å². The number of hydrogen-bond acceptors (Lipinski definition) is 3. The molecule has 0 spiro atoms. The molecule has 0 saturated heterocycles. The van der Waals surface area contributed by atoms with Crippen LogP contribution >= 0.6 is 0 Å². The first-order chi connectivity index (χ1) is 7.01. The van der Waals surface area contributed by atoms with Gasteiger partial charge in [0, 0.05) is 19.1 Å². The van der Waals surface area contributed by atoms with Gasteiger partial charge in [0.25, 0.3) is 0 Å². The van der Waals surface area contributed by atoms with Crippen molar-refractivity contribution in [1.29, 1.82) is 0 Å². The van der Waals surface area contributed by atoms with E-state index >= 15 is 0 Å². The van der Waals surface area contributed by atoms with Crippen molar-refractivity contribution in [3.8, 4) is 0 Å². The molecule has 0 aliphatic rings. The highest BCUT2D eigenvalue weighted by atomic mass is 16.3. The number of aliphatic hydroxyl groups excluding tert-OH is 1. The van der Waals surface area contributed by atoms with Crippen molar-refractivity contribution in [2.75, 3.05) is 27.2 Å². The zero-order valence-electron chi connectivity index (χ0n) is 11.0. The van der Waals surface area contributed by atoms with Crippen LogP contribution in [0.3, 0.4) is 0 Å². The van der Waals surface area contributed by atoms with E-state index in [1.165, 1.54) is 12.8 Å². The number of rotatable bonds is 8. The third kappa shape index (κ3) is 6.88. The standard InChI is InChI=1S/C12H28N2O/c1-6-11(7-2)10(3)13-8-12(15)9-14(4)5/h10-13,15H,6-9H2,1-5H3. The molecule has 0 radical (unpaired) electrons. The highest BCUT2D eigenvalue weighted by Crippen LogP contribution is 2.12. The lowest BCUT2D eigenvalue weighted by atomic mass is 9.95. The molecule has 2 atom stereocenters. The van der Waals surface area contributed by atoms with Gasteiger partial charge in [-0.05, 0) is 26.9 Å². The molecular weight excluding hydrogens is 188 g/mol. The highest BCUT2D eigenvalue weighted by Gasteiger charge is 2.14. The quantitative estimate of drug-likeness (QED) is 0.642. The molecule has 2 unspecified atom stereocenters. The SMILES string of the molecule is CCC(CC)C(C)NCC(O)CN(C)C. The average Bonchev–Trinajstić information content (AvgIpc) is 2.15. The van der Waals surface area contributed by atoms with Crippen LogP contribution < -0.4 is 5.32 Å². The largest absolute Gasteiger partial charge is 0.390 e. The fourth-order valence-corrected chi connectivity index (χ4v) is 1.97. The number of hydrogen-bond donors (Lipinski definition) is 2. The van der Waals surface area contributed by atoms with Crippen molar-refractivity contribution < 1.29 is 5.11 Å². The Balaban J connectivity index is 3.73. The second-order valence-corrected chi connectivity index (χ2v) is 4.69. The number of nitrogens with one attached hydrogen (secondary N) is 1. The minimum Gasteiger partial charge on any atom is -0.390 e. The van der Waals surface area contributed by atoms with Crippen LogP contribution in [-0.4, -0.2) is 49.3 Å². The molecular formula is C12H28N2O. The van der Waals surface area contributed by atoms with Crippen LogP contribution in [0, 0.1) is 5.92 Å². The van der Waals surface area contributed by atoms with Gasteiger partial charge >= 0.3 is 0 Å². The number of aliphatic hydroxyl groups is 1. The Morgan fingerprint density at radius 3 is 2.13 bits per heavy atom. The third-order valence-electron chi connectivity index (χ3n) is 3.01. The fraction of sp³-hybridized carbons (Fsp3) is 1.00. The molecule has 0 aromatic rings. The summed E-state index contributed by atoms with van der Waals surface area (Å²) in [5.74, 6) is 0.719. The summed E-state index contributed by atoms with van der Waals surface area (Å²) in [5, 5.41) is 13.1. The molecule has 0 heterocycles. The van der Waals surface area contributed by atoms with E-state index in [9.17, 15) is 5.11 Å². The first-order valence-corrected chi connectivity index (χ1v) is 6.07. The molecule has 2 N–H and O–H groups in total. The van der Waals surface area contributed by atoms with Gasteiger partial charge in [0.1, 0.15) is 0 Å². The number of likely N-dealkylation sites (N-methyl/N-ethyl adjacent to an activating group) is 1. The molecule has 0 bridgehead atoms. The van der Waals surface area contributed by atoms with Crippen LogP contribution in [0.4, 0.5) is 0 Å². The van der Waals surface area contributed by atoms with Gasteiger partial charge < -0.3 is 15.3 Å². The van der Waals surface area contributed by atoms with Crippen LogP contribution in [0.5, 0.6) is 0 Å². The first kappa shape index (κ1) is 14.9. The summed E-state index contributed by atoms with van der Waals surface area (Å²) in [6.45, 7) is 8.07. The molecule has 3 nitrogen and oxygen atoms in total. The van der Waals surface area contributed by atoms with Gasteiger partial charge in [-0.15, -0.1) is 0 Å². The maximum Gasteiger partial charge on any atom is 0.0791 e. The second kappa shape index (κ2) is 8.08. The molecule has 3 heteroatoms. The maximum absolute atomic E-state index is 9.69. The van der Waals surface area contributed by atoms with Gasteiger partial charge in [-0.1, -0.05) is 26.7 Å². The number of nitrogens with zero attached hydrogens (tertiary/aromatic N) is 1. The minimum absolute atomic E-state index is 0.267. The van der Waals surface area contributed by atoms with E-state index in [4.69, 9.17) is 0 Å². The van der Waals surface area contributed by atoms with Gasteiger partial charge in [-0.2, -0.15) is 0 Å². The molecule has 0 aromatic carbocycles. The summed E-state index contributed by atoms with van der Waals surface area (Å²) < 4.78 is 0. The van der Waals surface area contributed by atoms with Crippen LogP contribution in [0.25, 0.3) is 0 Å². The van der Waals surface area contributed by atoms with Crippen LogP contribution in [-0.2, 0) is 0 Å². The molecule has 0 rings (SSSR count).